The average molecular weight is 416 g/mol. The number of para-hydroxylation sites is 1. The number of carbonyl (C=O) groups excluding carboxylic acids is 1. The second-order valence-corrected chi connectivity index (χ2v) is 6.71. The van der Waals surface area contributed by atoms with Crippen molar-refractivity contribution in [3.63, 3.8) is 0 Å². The number of phenols is 1. The lowest BCUT2D eigenvalue weighted by Gasteiger charge is -2.22. The Bertz CT molecular complexity index is 772. The Balaban J connectivity index is 0.000000300. The first-order chi connectivity index (χ1) is 14.5. The zero-order chi connectivity index (χ0) is 22.4. The summed E-state index contributed by atoms with van der Waals surface area (Å²) in [5.41, 5.74) is 1.15. The zero-order valence-electron chi connectivity index (χ0n) is 18.1. The number of esters is 1. The molecule has 0 saturated carbocycles. The van der Waals surface area contributed by atoms with Crippen LogP contribution in [0.4, 0.5) is 5.69 Å². The predicted molar refractivity (Wildman–Crippen MR) is 119 cm³/mol. The van der Waals surface area contributed by atoms with E-state index in [9.17, 15) is 14.7 Å². The number of carboxylic acid groups (broad SMARTS) is 1. The highest BCUT2D eigenvalue weighted by Gasteiger charge is 2.15. The predicted octanol–water partition coefficient (Wildman–Crippen LogP) is 5.36. The number of unbranched alkanes of at least 4 members (excludes halogenated alkanes) is 3. The van der Waals surface area contributed by atoms with Gasteiger partial charge in [-0.3, -0.25) is 0 Å². The molecule has 0 heterocycles. The number of hydrogen-bond donors (Lipinski definition) is 2. The summed E-state index contributed by atoms with van der Waals surface area (Å²) in [7, 11) is 0. The molecule has 0 amide bonds. The summed E-state index contributed by atoms with van der Waals surface area (Å²) in [6, 6.07) is 13.9. The van der Waals surface area contributed by atoms with Gasteiger partial charge in [-0.2, -0.15) is 0 Å². The molecule has 0 aliphatic rings. The molecule has 2 aromatic carbocycles. The molecule has 0 aliphatic heterocycles. The van der Waals surface area contributed by atoms with Crippen LogP contribution in [0.5, 0.6) is 5.75 Å². The van der Waals surface area contributed by atoms with Gasteiger partial charge in [0.05, 0.1) is 17.9 Å². The standard InChI is InChI=1S/C13H18O2.C11H15NO3/c1-2-3-4-8-11-15-13(14)12-9-6-5-7-10-12;1-3-12(4-2)9-7-5-6-8(10(9)13)11(14)15/h5-7,9-10H,2-4,8,11H2,1H3;5-7,13H,3-4H2,1-2H3,(H,14,15). The molecule has 30 heavy (non-hydrogen) atoms. The fourth-order valence-corrected chi connectivity index (χ4v) is 2.87. The van der Waals surface area contributed by atoms with Crippen molar-refractivity contribution in [2.75, 3.05) is 24.6 Å². The molecule has 0 aromatic heterocycles. The highest BCUT2D eigenvalue weighted by atomic mass is 16.5. The molecule has 2 aromatic rings. The van der Waals surface area contributed by atoms with Crippen molar-refractivity contribution in [2.24, 2.45) is 0 Å². The number of carbonyl (C=O) groups is 2. The van der Waals surface area contributed by atoms with Crippen LogP contribution in [0.3, 0.4) is 0 Å². The summed E-state index contributed by atoms with van der Waals surface area (Å²) in [5.74, 6) is -1.48. The number of aromatic hydroxyl groups is 1. The third kappa shape index (κ3) is 8.15. The van der Waals surface area contributed by atoms with Gasteiger partial charge in [0.15, 0.2) is 5.75 Å². The Morgan fingerprint density at radius 1 is 0.900 bits per heavy atom. The lowest BCUT2D eigenvalue weighted by atomic mass is 10.1. The molecule has 0 aliphatic carbocycles. The number of nitrogens with zero attached hydrogens (tertiary/aromatic N) is 1. The van der Waals surface area contributed by atoms with Crippen LogP contribution >= 0.6 is 0 Å². The first-order valence-corrected chi connectivity index (χ1v) is 10.5. The van der Waals surface area contributed by atoms with E-state index in [0.29, 0.717) is 17.9 Å². The quantitative estimate of drug-likeness (QED) is 0.401. The van der Waals surface area contributed by atoms with Gasteiger partial charge in [0.1, 0.15) is 5.56 Å². The Morgan fingerprint density at radius 2 is 1.57 bits per heavy atom. The van der Waals surface area contributed by atoms with E-state index in [1.165, 1.54) is 18.9 Å². The lowest BCUT2D eigenvalue weighted by molar-refractivity contribution is 0.0497. The topological polar surface area (TPSA) is 87.1 Å². The maximum absolute atomic E-state index is 11.5. The molecule has 0 atom stereocenters. The molecule has 2 rings (SSSR count). The highest BCUT2D eigenvalue weighted by molar-refractivity contribution is 5.93. The largest absolute Gasteiger partial charge is 0.505 e. The molecule has 0 fully saturated rings. The highest BCUT2D eigenvalue weighted by Crippen LogP contribution is 2.30. The van der Waals surface area contributed by atoms with Crippen molar-refractivity contribution in [1.82, 2.24) is 0 Å². The molecule has 0 bridgehead atoms. The third-order valence-corrected chi connectivity index (χ3v) is 4.59. The van der Waals surface area contributed by atoms with Crippen LogP contribution in [0.2, 0.25) is 0 Å². The fraction of sp³-hybridized carbons (Fsp3) is 0.417. The van der Waals surface area contributed by atoms with E-state index in [-0.39, 0.29) is 17.3 Å². The second kappa shape index (κ2) is 14.0. The summed E-state index contributed by atoms with van der Waals surface area (Å²) in [6.45, 7) is 8.07. The number of carboxylic acids is 1. The number of anilines is 1. The van der Waals surface area contributed by atoms with Crippen LogP contribution < -0.4 is 4.90 Å². The number of hydrogen-bond acceptors (Lipinski definition) is 5. The number of benzene rings is 2. The van der Waals surface area contributed by atoms with E-state index in [4.69, 9.17) is 9.84 Å². The molecule has 0 saturated heterocycles. The van der Waals surface area contributed by atoms with Crippen molar-refractivity contribution in [2.45, 2.75) is 46.5 Å². The van der Waals surface area contributed by atoms with E-state index in [0.717, 1.165) is 25.9 Å². The Morgan fingerprint density at radius 3 is 2.13 bits per heavy atom. The summed E-state index contributed by atoms with van der Waals surface area (Å²) < 4.78 is 5.14. The van der Waals surface area contributed by atoms with Gasteiger partial charge in [-0.25, -0.2) is 9.59 Å². The summed E-state index contributed by atoms with van der Waals surface area (Å²) in [4.78, 5) is 24.2. The normalized spacial score (nSPS) is 9.97. The average Bonchev–Trinajstić information content (AvgIpc) is 2.76. The van der Waals surface area contributed by atoms with Crippen LogP contribution in [0, 0.1) is 0 Å². The monoisotopic (exact) mass is 415 g/mol. The van der Waals surface area contributed by atoms with Gasteiger partial charge in [-0.05, 0) is 44.5 Å². The van der Waals surface area contributed by atoms with Gasteiger partial charge in [0, 0.05) is 13.1 Å². The van der Waals surface area contributed by atoms with E-state index < -0.39 is 5.97 Å². The Kier molecular flexibility index (Phi) is 11.7. The van der Waals surface area contributed by atoms with Crippen molar-refractivity contribution >= 4 is 17.6 Å². The van der Waals surface area contributed by atoms with Crippen LogP contribution in [0.1, 0.15) is 67.2 Å². The smallest absolute Gasteiger partial charge is 0.339 e. The van der Waals surface area contributed by atoms with Crippen LogP contribution in [0.25, 0.3) is 0 Å². The van der Waals surface area contributed by atoms with Crippen LogP contribution in [0.15, 0.2) is 48.5 Å². The molecule has 6 nitrogen and oxygen atoms in total. The molecular formula is C24H33NO5. The van der Waals surface area contributed by atoms with Gasteiger partial charge in [-0.15, -0.1) is 0 Å². The van der Waals surface area contributed by atoms with E-state index in [2.05, 4.69) is 6.92 Å². The molecule has 164 valence electrons. The van der Waals surface area contributed by atoms with E-state index >= 15 is 0 Å². The van der Waals surface area contributed by atoms with Gasteiger partial charge in [0.2, 0.25) is 0 Å². The lowest BCUT2D eigenvalue weighted by Crippen LogP contribution is -2.22. The molecule has 6 heteroatoms. The van der Waals surface area contributed by atoms with E-state index in [1.807, 2.05) is 36.9 Å². The van der Waals surface area contributed by atoms with Gasteiger partial charge in [-0.1, -0.05) is 50.5 Å². The Hall–Kier alpha value is -3.02. The van der Waals surface area contributed by atoms with Crippen LogP contribution in [-0.4, -0.2) is 41.8 Å². The molecular weight excluding hydrogens is 382 g/mol. The molecule has 2 N–H and O–H groups in total. The second-order valence-electron chi connectivity index (χ2n) is 6.71. The minimum Gasteiger partial charge on any atom is -0.505 e. The van der Waals surface area contributed by atoms with Crippen LogP contribution in [-0.2, 0) is 4.74 Å². The van der Waals surface area contributed by atoms with E-state index in [1.54, 1.807) is 24.3 Å². The van der Waals surface area contributed by atoms with Gasteiger partial charge in [0.25, 0.3) is 0 Å². The first-order valence-electron chi connectivity index (χ1n) is 10.5. The molecule has 0 radical (unpaired) electrons. The molecule has 0 spiro atoms. The van der Waals surface area contributed by atoms with Crippen molar-refractivity contribution < 1.29 is 24.5 Å². The SMILES string of the molecule is CCCCCCOC(=O)c1ccccc1.CCN(CC)c1cccc(C(=O)O)c1O. The van der Waals surface area contributed by atoms with Crippen molar-refractivity contribution in [1.29, 1.82) is 0 Å². The number of rotatable bonds is 10. The summed E-state index contributed by atoms with van der Waals surface area (Å²) in [5, 5.41) is 18.6. The summed E-state index contributed by atoms with van der Waals surface area (Å²) >= 11 is 0. The number of aromatic carboxylic acids is 1. The zero-order valence-corrected chi connectivity index (χ0v) is 18.1. The maximum atomic E-state index is 11.5. The minimum absolute atomic E-state index is 0.0561. The fourth-order valence-electron chi connectivity index (χ4n) is 2.87. The molecule has 0 unspecified atom stereocenters. The minimum atomic E-state index is -1.11. The summed E-state index contributed by atoms with van der Waals surface area (Å²) in [6.07, 6.45) is 4.51. The van der Waals surface area contributed by atoms with Crippen molar-refractivity contribution in [3.05, 3.63) is 59.7 Å². The van der Waals surface area contributed by atoms with Gasteiger partial charge >= 0.3 is 11.9 Å². The number of ether oxygens (including phenoxy) is 1. The van der Waals surface area contributed by atoms with Crippen molar-refractivity contribution in [3.8, 4) is 5.75 Å². The third-order valence-electron chi connectivity index (χ3n) is 4.59. The first kappa shape index (κ1) is 25.0. The van der Waals surface area contributed by atoms with Gasteiger partial charge < -0.3 is 19.8 Å². The maximum Gasteiger partial charge on any atom is 0.339 e. The Labute approximate surface area is 179 Å².